The van der Waals surface area contributed by atoms with E-state index in [2.05, 4.69) is 111 Å². The van der Waals surface area contributed by atoms with Crippen molar-refractivity contribution in [3.63, 3.8) is 0 Å². The van der Waals surface area contributed by atoms with E-state index in [4.69, 9.17) is 73.6 Å². The van der Waals surface area contributed by atoms with Crippen LogP contribution in [0.4, 0.5) is 0 Å². The summed E-state index contributed by atoms with van der Waals surface area (Å²) in [5.74, 6) is 17.5. The Labute approximate surface area is 870 Å². The molecule has 18 N–H and O–H groups in total. The average Bonchev–Trinajstić information content (AvgIpc) is 1.58. The van der Waals surface area contributed by atoms with Crippen LogP contribution < -0.4 is 0 Å². The fourth-order valence-corrected chi connectivity index (χ4v) is 32.8. The van der Waals surface area contributed by atoms with Crippen molar-refractivity contribution in [2.45, 2.75) is 296 Å². The fraction of sp³-hybridized carbons (Fsp3) is 0.947. The number of ether oxygens (including phenoxy) is 8. The molecule has 0 radical (unpaired) electrons. The van der Waals surface area contributed by atoms with Crippen LogP contribution in [0, 0.1) is 266 Å². The number of aliphatic carboxylic acids is 1. The van der Waals surface area contributed by atoms with Crippen LogP contribution in [-0.2, 0) is 66.7 Å². The summed E-state index contributed by atoms with van der Waals surface area (Å²) in [5, 5.41) is 166. The molecule has 17 aliphatic rings. The van der Waals surface area contributed by atoms with E-state index in [9.17, 15) is 84.9 Å². The van der Waals surface area contributed by atoms with E-state index >= 15 is 0 Å². The molecule has 0 aromatic carbocycles. The number of aliphatic hydroxyl groups excluding tert-OH is 17. The van der Waals surface area contributed by atoms with Crippen molar-refractivity contribution in [2.75, 3.05) is 119 Å². The van der Waals surface area contributed by atoms with E-state index in [1.165, 1.54) is 38.5 Å². The van der Waals surface area contributed by atoms with Crippen LogP contribution in [0.25, 0.3) is 0 Å². The summed E-state index contributed by atoms with van der Waals surface area (Å²) in [6.45, 7) is 42.1. The van der Waals surface area contributed by atoms with Gasteiger partial charge in [0.15, 0.2) is 12.1 Å². The van der Waals surface area contributed by atoms with Crippen LogP contribution in [0.3, 0.4) is 0 Å². The molecule has 32 nitrogen and oxygen atoms in total. The maximum atomic E-state index is 12.6. The molecule has 54 atom stereocenters. The third-order valence-corrected chi connectivity index (χ3v) is 43.0. The summed E-state index contributed by atoms with van der Waals surface area (Å²) in [5.41, 5.74) is 0. The van der Waals surface area contributed by atoms with E-state index < -0.39 is 116 Å². The molecule has 54 unspecified atom stereocenters. The number of rotatable bonds is 40. The van der Waals surface area contributed by atoms with Gasteiger partial charge in [0, 0.05) is 19.1 Å². The van der Waals surface area contributed by atoms with Gasteiger partial charge in [-0.25, -0.2) is 0 Å². The first-order valence-corrected chi connectivity index (χ1v) is 57.0. The molecular formula is C114H198O32. The number of carbonyl (C=O) groups excluding carboxylic acids is 5. The molecule has 17 aliphatic carbocycles. The van der Waals surface area contributed by atoms with Gasteiger partial charge in [-0.1, -0.05) is 132 Å². The highest BCUT2D eigenvalue weighted by atomic mass is 16.6. The van der Waals surface area contributed by atoms with E-state index in [-0.39, 0.29) is 144 Å². The van der Waals surface area contributed by atoms with Gasteiger partial charge in [0.05, 0.1) is 133 Å². The van der Waals surface area contributed by atoms with Crippen molar-refractivity contribution >= 4 is 35.6 Å². The number of carboxylic acid groups (broad SMARTS) is 1. The van der Waals surface area contributed by atoms with Gasteiger partial charge in [-0.3, -0.25) is 28.8 Å². The Bertz CT molecular complexity index is 3820. The van der Waals surface area contributed by atoms with Crippen molar-refractivity contribution in [2.24, 2.45) is 266 Å². The minimum atomic E-state index is -1.23. The molecule has 17 saturated carbocycles. The van der Waals surface area contributed by atoms with E-state index in [1.807, 2.05) is 6.92 Å². The zero-order valence-corrected chi connectivity index (χ0v) is 91.6. The Morgan fingerprint density at radius 2 is 0.589 bits per heavy atom. The number of aliphatic hydroxyl groups is 17. The lowest BCUT2D eigenvalue weighted by atomic mass is 9.69. The average molecular weight is 2080 g/mol. The molecule has 846 valence electrons. The number of carbonyl (C=O) groups is 6. The summed E-state index contributed by atoms with van der Waals surface area (Å²) in [7, 11) is 0. The summed E-state index contributed by atoms with van der Waals surface area (Å²) in [6.07, 6.45) is 9.41. The Morgan fingerprint density at radius 3 is 0.966 bits per heavy atom. The predicted molar refractivity (Wildman–Crippen MR) is 543 cm³/mol. The monoisotopic (exact) mass is 2080 g/mol. The zero-order valence-electron chi connectivity index (χ0n) is 91.6. The summed E-state index contributed by atoms with van der Waals surface area (Å²) >= 11 is 0. The first kappa shape index (κ1) is 124. The summed E-state index contributed by atoms with van der Waals surface area (Å²) in [4.78, 5) is 73.0. The van der Waals surface area contributed by atoms with E-state index in [0.717, 1.165) is 141 Å². The number of hydrogen-bond acceptors (Lipinski definition) is 31. The Kier molecular flexibility index (Phi) is 48.2. The van der Waals surface area contributed by atoms with Gasteiger partial charge in [-0.2, -0.15) is 0 Å². The Hall–Kier alpha value is -3.82. The number of carboxylic acids is 1. The van der Waals surface area contributed by atoms with Crippen molar-refractivity contribution < 1.29 is 159 Å². The highest BCUT2D eigenvalue weighted by molar-refractivity contribution is 5.85. The minimum absolute atomic E-state index is 0.0144. The third kappa shape index (κ3) is 28.8. The first-order chi connectivity index (χ1) is 69.2. The quantitative estimate of drug-likeness (QED) is 0.0155. The number of hydrogen-bond donors (Lipinski definition) is 18. The Balaban J connectivity index is 0.000000172. The molecular weight excluding hydrogens is 1880 g/mol. The second-order valence-corrected chi connectivity index (χ2v) is 49.7. The molecule has 0 aromatic heterocycles. The van der Waals surface area contributed by atoms with Crippen LogP contribution in [0.5, 0.6) is 0 Å². The highest BCUT2D eigenvalue weighted by Crippen LogP contribution is 2.66. The number of fused-ring (bicyclic) bond motifs is 19. The van der Waals surface area contributed by atoms with Crippen LogP contribution in [-0.4, -0.2) is 308 Å². The fourth-order valence-electron chi connectivity index (χ4n) is 32.8. The predicted octanol–water partition coefficient (Wildman–Crippen LogP) is 8.88. The van der Waals surface area contributed by atoms with Gasteiger partial charge in [0.1, 0.15) is 57.5 Å². The van der Waals surface area contributed by atoms with Gasteiger partial charge in [0.2, 0.25) is 0 Å². The molecule has 146 heavy (non-hydrogen) atoms. The van der Waals surface area contributed by atoms with Gasteiger partial charge in [-0.05, 0) is 334 Å². The normalized spacial score (nSPS) is 43.3. The van der Waals surface area contributed by atoms with E-state index in [0.29, 0.717) is 145 Å². The first-order valence-electron chi connectivity index (χ1n) is 57.0. The summed E-state index contributed by atoms with van der Waals surface area (Å²) < 4.78 is 42.5. The standard InChI is InChI=1S/C18H30O7.C18H34O5.C15H24O5.C14H24O5.C13H22O4.C13H24O3.C12H20O.C11H20O2/c1-4-11(20)7-24-17(22)15-13-5-14(10(3)9(13)2)16(15)18(23)25-8-12(21)6-19;1-4-13(20)7-22-9-17-15-5-16(12(3)11(15)2)18(17)10-23-8-14(21)6-19;1-4-9(16)6-20-15(19)13-11-5-10(7(2)8(11)3)12(13)14(17)18;1-7-8(2)11-3-10(7)12(5-16)13(11)14(18)19-6-9(17)4-15;1-7-8(2)10-3-9(7)4-11(10)12(15)6-17-13(16)5-14;1-8-9(2)13-4-10(8)3-11(13)6-16-7-12(15)5-14;1-6-7(2)10-5-9(6)11-3-8(13)4-12(10)11;1-6-7(2)9-3-8(6)4-10(9)11(13)5-12/h9-16,19-21H,4-8H2,1-3H3;11-21H,4-10H2,1-3H3;7-13,16H,4-6H2,1-3H3,(H,17,18);7-13,15-17H,3-6H2,1-2H3;7-11,13-14,16H,3-6H2,1-2H3;8-15H,3-7H2,1-2H3;2*6-13H,3-5H2,1-2H3. The van der Waals surface area contributed by atoms with Gasteiger partial charge in [-0.15, -0.1) is 0 Å². The third-order valence-electron chi connectivity index (χ3n) is 43.0. The van der Waals surface area contributed by atoms with Crippen LogP contribution in [0.15, 0.2) is 0 Å². The number of ketones is 1. The van der Waals surface area contributed by atoms with Crippen molar-refractivity contribution in [1.29, 1.82) is 0 Å². The molecule has 0 spiro atoms. The molecule has 0 aromatic rings. The number of Topliss-reactive ketones (excluding diaryl/α,β-unsaturated/α-hetero) is 1. The topological polar surface area (TPSA) is 540 Å². The maximum absolute atomic E-state index is 12.6. The number of esters is 4. The second-order valence-electron chi connectivity index (χ2n) is 49.7. The maximum Gasteiger partial charge on any atom is 0.310 e. The lowest BCUT2D eigenvalue weighted by Crippen LogP contribution is -2.43. The van der Waals surface area contributed by atoms with Crippen molar-refractivity contribution in [3.8, 4) is 0 Å². The zero-order chi connectivity index (χ0) is 108. The second kappa shape index (κ2) is 56.7. The molecule has 0 amide bonds. The van der Waals surface area contributed by atoms with Gasteiger partial charge < -0.3 is 130 Å². The van der Waals surface area contributed by atoms with Crippen LogP contribution in [0.1, 0.15) is 234 Å². The lowest BCUT2D eigenvalue weighted by molar-refractivity contribution is -0.169. The smallest absolute Gasteiger partial charge is 0.310 e. The molecule has 16 bridgehead atoms. The van der Waals surface area contributed by atoms with Crippen molar-refractivity contribution in [1.82, 2.24) is 0 Å². The molecule has 17 rings (SSSR count). The van der Waals surface area contributed by atoms with Crippen LogP contribution in [0.2, 0.25) is 0 Å². The van der Waals surface area contributed by atoms with Crippen molar-refractivity contribution in [3.05, 3.63) is 0 Å². The molecule has 17 fully saturated rings. The lowest BCUT2D eigenvalue weighted by Gasteiger charge is -2.38. The molecule has 0 heterocycles. The minimum Gasteiger partial charge on any atom is -0.481 e. The molecule has 0 aliphatic heterocycles. The largest absolute Gasteiger partial charge is 0.481 e. The van der Waals surface area contributed by atoms with Crippen LogP contribution >= 0.6 is 0 Å². The molecule has 0 saturated heterocycles. The Morgan fingerprint density at radius 1 is 0.281 bits per heavy atom. The van der Waals surface area contributed by atoms with Gasteiger partial charge >= 0.3 is 29.8 Å². The van der Waals surface area contributed by atoms with E-state index in [1.54, 1.807) is 13.8 Å². The SMILES string of the molecule is CC1C(C)C2CC1C(CO)C2C(=O)OCC(O)CO.CC1C(C)C2CC1C1CC(O)CC21.CC1C2CC(C(=O)COC(O)CO)C(C2)C1C.CC1C2CC(C(O)CO)C(C2)C1C.CC1C2CC(COCC(O)CO)C(C2)C1C.CCC(O)COC(=O)C1C2CC(C(C)C2C)C1C(=O)O.CCC(O)COC(=O)C1C2CC(C(C)C2C)C1C(=O)OCC(O)CO.CCC(O)COCC1C2CC(C(C)C2C)C1COCC(O)CO. The molecule has 32 heteroatoms. The highest BCUT2D eigenvalue weighted by Gasteiger charge is 2.65. The van der Waals surface area contributed by atoms with Gasteiger partial charge in [0.25, 0.3) is 0 Å². The summed E-state index contributed by atoms with van der Waals surface area (Å²) in [6, 6.07) is 0.